The van der Waals surface area contributed by atoms with Crippen LogP contribution in [0, 0.1) is 17.1 Å². The van der Waals surface area contributed by atoms with Gasteiger partial charge >= 0.3 is 0 Å². The molecule has 1 fully saturated rings. The molecule has 1 aliphatic heterocycles. The zero-order valence-electron chi connectivity index (χ0n) is 16.5. The molecule has 0 unspecified atom stereocenters. The Morgan fingerprint density at radius 2 is 1.96 bits per heavy atom. The van der Waals surface area contributed by atoms with Crippen LogP contribution in [0.2, 0.25) is 0 Å². The van der Waals surface area contributed by atoms with Gasteiger partial charge in [-0.2, -0.15) is 5.26 Å². The highest BCUT2D eigenvalue weighted by molar-refractivity contribution is 14.0. The lowest BCUT2D eigenvalue weighted by Gasteiger charge is -2.41. The van der Waals surface area contributed by atoms with Gasteiger partial charge in [-0.3, -0.25) is 4.90 Å². The maximum absolute atomic E-state index is 13.9. The van der Waals surface area contributed by atoms with Crippen molar-refractivity contribution in [1.82, 2.24) is 15.5 Å². The minimum Gasteiger partial charge on any atom is -0.357 e. The highest BCUT2D eigenvalue weighted by Crippen LogP contribution is 2.19. The third-order valence-electron chi connectivity index (χ3n) is 4.83. The Kier molecular flexibility index (Phi) is 10.0. The number of halogens is 2. The minimum absolute atomic E-state index is 0. The Bertz CT molecular complexity index is 663. The Hall–Kier alpha value is -1.40. The first-order valence-corrected chi connectivity index (χ1v) is 9.42. The first-order valence-electron chi connectivity index (χ1n) is 9.42. The first kappa shape index (κ1) is 23.6. The Labute approximate surface area is 179 Å². The topological polar surface area (TPSA) is 63.5 Å². The molecule has 0 radical (unpaired) electrons. The van der Waals surface area contributed by atoms with E-state index in [4.69, 9.17) is 5.26 Å². The van der Waals surface area contributed by atoms with Crippen LogP contribution in [0.1, 0.15) is 51.2 Å². The number of benzene rings is 1. The van der Waals surface area contributed by atoms with Crippen LogP contribution in [0.25, 0.3) is 0 Å². The van der Waals surface area contributed by atoms with Crippen LogP contribution >= 0.6 is 24.0 Å². The van der Waals surface area contributed by atoms with E-state index in [-0.39, 0.29) is 41.9 Å². The summed E-state index contributed by atoms with van der Waals surface area (Å²) < 4.78 is 13.9. The highest BCUT2D eigenvalue weighted by atomic mass is 127. The van der Waals surface area contributed by atoms with Crippen LogP contribution in [0.15, 0.2) is 23.2 Å². The van der Waals surface area contributed by atoms with Gasteiger partial charge in [-0.15, -0.1) is 24.0 Å². The van der Waals surface area contributed by atoms with Gasteiger partial charge in [-0.25, -0.2) is 9.38 Å². The monoisotopic (exact) mass is 487 g/mol. The number of nitriles is 1. The lowest BCUT2D eigenvalue weighted by atomic mass is 9.98. The number of rotatable bonds is 6. The van der Waals surface area contributed by atoms with Gasteiger partial charge in [0.15, 0.2) is 5.96 Å². The minimum atomic E-state index is -0.336. The van der Waals surface area contributed by atoms with Crippen LogP contribution < -0.4 is 10.6 Å². The maximum Gasteiger partial charge on any atom is 0.191 e. The fraction of sp³-hybridized carbons (Fsp3) is 0.600. The molecule has 1 aliphatic rings. The highest BCUT2D eigenvalue weighted by Gasteiger charge is 2.27. The van der Waals surface area contributed by atoms with Gasteiger partial charge in [0.05, 0.1) is 18.2 Å². The van der Waals surface area contributed by atoms with Crippen LogP contribution in [-0.4, -0.2) is 42.6 Å². The molecule has 0 aliphatic carbocycles. The summed E-state index contributed by atoms with van der Waals surface area (Å²) in [5.41, 5.74) is 0.903. The van der Waals surface area contributed by atoms with E-state index in [0.717, 1.165) is 26.2 Å². The number of aliphatic imine (C=N–C) groups is 1. The number of hydrogen-bond donors (Lipinski definition) is 2. The van der Waals surface area contributed by atoms with Crippen molar-refractivity contribution in [2.75, 3.05) is 26.2 Å². The smallest absolute Gasteiger partial charge is 0.191 e. The molecule has 5 nitrogen and oxygen atoms in total. The molecule has 1 aromatic carbocycles. The van der Waals surface area contributed by atoms with Crippen molar-refractivity contribution < 1.29 is 4.39 Å². The average molecular weight is 487 g/mol. The van der Waals surface area contributed by atoms with Crippen LogP contribution in [-0.2, 0) is 6.54 Å². The molecule has 150 valence electrons. The van der Waals surface area contributed by atoms with Gasteiger partial charge < -0.3 is 10.6 Å². The van der Waals surface area contributed by atoms with Crippen molar-refractivity contribution in [2.24, 2.45) is 4.99 Å². The summed E-state index contributed by atoms with van der Waals surface area (Å²) in [6, 6.07) is 6.39. The standard InChI is InChI=1S/C20H30FN5.HI/c1-4-23-19(24-14-17-12-16(13-22)8-9-18(17)21)25-15-20(2,3)26-10-6-5-7-11-26;/h8-9,12H,4-7,10-11,14-15H2,1-3H3,(H2,23,24,25);1H. The largest absolute Gasteiger partial charge is 0.357 e. The zero-order chi connectivity index (χ0) is 19.0. The fourth-order valence-corrected chi connectivity index (χ4v) is 3.18. The van der Waals surface area contributed by atoms with Crippen molar-refractivity contribution in [3.63, 3.8) is 0 Å². The van der Waals surface area contributed by atoms with Gasteiger partial charge in [0.1, 0.15) is 5.82 Å². The number of guanidine groups is 1. The fourth-order valence-electron chi connectivity index (χ4n) is 3.18. The second kappa shape index (κ2) is 11.4. The SMILES string of the molecule is CCNC(=NCc1cc(C#N)ccc1F)NCC(C)(C)N1CCCCC1.I. The molecule has 1 aromatic rings. The number of nitrogens with zero attached hydrogens (tertiary/aromatic N) is 3. The van der Waals surface area contributed by atoms with Crippen molar-refractivity contribution >= 4 is 29.9 Å². The molecular weight excluding hydrogens is 456 g/mol. The summed E-state index contributed by atoms with van der Waals surface area (Å²) in [6.07, 6.45) is 3.83. The van der Waals surface area contributed by atoms with Gasteiger partial charge in [0, 0.05) is 24.2 Å². The predicted molar refractivity (Wildman–Crippen MR) is 119 cm³/mol. The van der Waals surface area contributed by atoms with Crippen molar-refractivity contribution in [1.29, 1.82) is 5.26 Å². The molecule has 1 heterocycles. The molecule has 2 rings (SSSR count). The van der Waals surface area contributed by atoms with Crippen molar-refractivity contribution in [2.45, 2.75) is 52.1 Å². The molecular formula is C20H31FIN5. The first-order chi connectivity index (χ1) is 12.5. The molecule has 0 amide bonds. The summed E-state index contributed by atoms with van der Waals surface area (Å²) in [4.78, 5) is 7.01. The maximum atomic E-state index is 13.9. The van der Waals surface area contributed by atoms with E-state index in [0.29, 0.717) is 17.1 Å². The van der Waals surface area contributed by atoms with E-state index in [9.17, 15) is 4.39 Å². The summed E-state index contributed by atoms with van der Waals surface area (Å²) in [6.45, 7) is 10.4. The van der Waals surface area contributed by atoms with E-state index in [1.807, 2.05) is 13.0 Å². The summed E-state index contributed by atoms with van der Waals surface area (Å²) in [5, 5.41) is 15.6. The van der Waals surface area contributed by atoms with E-state index in [1.165, 1.54) is 31.4 Å². The lowest BCUT2D eigenvalue weighted by Crippen LogP contribution is -2.54. The quantitative estimate of drug-likeness (QED) is 0.366. The predicted octanol–water partition coefficient (Wildman–Crippen LogP) is 3.63. The molecule has 0 aromatic heterocycles. The van der Waals surface area contributed by atoms with Crippen molar-refractivity contribution in [3.05, 3.63) is 35.1 Å². The van der Waals surface area contributed by atoms with Gasteiger partial charge in [0.2, 0.25) is 0 Å². The molecule has 0 atom stereocenters. The number of piperidine rings is 1. The molecule has 2 N–H and O–H groups in total. The van der Waals surface area contributed by atoms with Crippen LogP contribution in [0.5, 0.6) is 0 Å². The Morgan fingerprint density at radius 3 is 2.59 bits per heavy atom. The van der Waals surface area contributed by atoms with E-state index in [1.54, 1.807) is 6.07 Å². The summed E-state index contributed by atoms with van der Waals surface area (Å²) >= 11 is 0. The number of likely N-dealkylation sites (tertiary alicyclic amines) is 1. The lowest BCUT2D eigenvalue weighted by molar-refractivity contribution is 0.0982. The van der Waals surface area contributed by atoms with Gasteiger partial charge in [0.25, 0.3) is 0 Å². The van der Waals surface area contributed by atoms with Gasteiger partial charge in [-0.05, 0) is 64.9 Å². The zero-order valence-corrected chi connectivity index (χ0v) is 18.8. The molecule has 0 saturated carbocycles. The summed E-state index contributed by atoms with van der Waals surface area (Å²) in [5.74, 6) is 0.330. The summed E-state index contributed by atoms with van der Waals surface area (Å²) in [7, 11) is 0. The second-order valence-corrected chi connectivity index (χ2v) is 7.33. The van der Waals surface area contributed by atoms with Crippen LogP contribution in [0.3, 0.4) is 0 Å². The van der Waals surface area contributed by atoms with E-state index in [2.05, 4.69) is 34.4 Å². The molecule has 7 heteroatoms. The normalized spacial score (nSPS) is 15.6. The third-order valence-corrected chi connectivity index (χ3v) is 4.83. The van der Waals surface area contributed by atoms with Gasteiger partial charge in [-0.1, -0.05) is 6.42 Å². The van der Waals surface area contributed by atoms with E-state index >= 15 is 0 Å². The molecule has 0 spiro atoms. The third kappa shape index (κ3) is 7.26. The molecule has 1 saturated heterocycles. The number of hydrogen-bond acceptors (Lipinski definition) is 3. The van der Waals surface area contributed by atoms with Crippen LogP contribution in [0.4, 0.5) is 4.39 Å². The Morgan fingerprint density at radius 1 is 1.26 bits per heavy atom. The second-order valence-electron chi connectivity index (χ2n) is 7.33. The average Bonchev–Trinajstić information content (AvgIpc) is 2.66. The Balaban J connectivity index is 0.00000364. The molecule has 0 bridgehead atoms. The van der Waals surface area contributed by atoms with Crippen molar-refractivity contribution in [3.8, 4) is 6.07 Å². The number of nitrogens with one attached hydrogen (secondary N) is 2. The van der Waals surface area contributed by atoms with E-state index < -0.39 is 0 Å². The molecule has 27 heavy (non-hydrogen) atoms.